The van der Waals surface area contributed by atoms with Crippen LogP contribution in [0.5, 0.6) is 11.6 Å². The number of hydrogen-bond donors (Lipinski definition) is 1. The fraction of sp³-hybridized carbons (Fsp3) is 0.0690. The predicted molar refractivity (Wildman–Crippen MR) is 137 cm³/mol. The maximum Gasteiger partial charge on any atom is 0.266 e. The van der Waals surface area contributed by atoms with Crippen molar-refractivity contribution in [3.63, 3.8) is 0 Å². The van der Waals surface area contributed by atoms with Crippen LogP contribution in [0.4, 0.5) is 11.4 Å². The number of anilines is 2. The number of imide groups is 1. The summed E-state index contributed by atoms with van der Waals surface area (Å²) in [4.78, 5) is 44.3. The molecule has 5 rings (SSSR count). The van der Waals surface area contributed by atoms with E-state index in [1.54, 1.807) is 49.4 Å². The minimum atomic E-state index is -0.465. The van der Waals surface area contributed by atoms with Crippen molar-refractivity contribution in [2.45, 2.75) is 13.8 Å². The van der Waals surface area contributed by atoms with E-state index in [2.05, 4.69) is 10.3 Å². The van der Waals surface area contributed by atoms with Gasteiger partial charge < -0.3 is 10.1 Å². The van der Waals surface area contributed by atoms with Crippen molar-refractivity contribution >= 4 is 29.1 Å². The molecule has 1 N–H and O–H groups in total. The average molecular weight is 489 g/mol. The Morgan fingerprint density at radius 2 is 1.70 bits per heavy atom. The van der Waals surface area contributed by atoms with E-state index < -0.39 is 17.7 Å². The Labute approximate surface area is 212 Å². The van der Waals surface area contributed by atoms with Crippen molar-refractivity contribution in [3.8, 4) is 17.7 Å². The summed E-state index contributed by atoms with van der Waals surface area (Å²) in [6, 6.07) is 22.0. The number of ether oxygens (including phenoxy) is 1. The van der Waals surface area contributed by atoms with Crippen LogP contribution in [0.1, 0.15) is 47.8 Å². The topological polar surface area (TPSA) is 112 Å². The Kier molecular flexibility index (Phi) is 5.96. The zero-order chi connectivity index (χ0) is 26.1. The monoisotopic (exact) mass is 488 g/mol. The number of aryl methyl sites for hydroxylation is 2. The minimum Gasteiger partial charge on any atom is -0.438 e. The first-order valence-electron chi connectivity index (χ1n) is 11.4. The molecule has 0 radical (unpaired) electrons. The van der Waals surface area contributed by atoms with E-state index in [-0.39, 0.29) is 22.6 Å². The molecule has 180 valence electrons. The fourth-order valence-electron chi connectivity index (χ4n) is 4.12. The van der Waals surface area contributed by atoms with Gasteiger partial charge in [0.25, 0.3) is 17.7 Å². The van der Waals surface area contributed by atoms with E-state index in [1.807, 2.05) is 25.1 Å². The lowest BCUT2D eigenvalue weighted by atomic mass is 10.0. The molecule has 0 saturated heterocycles. The van der Waals surface area contributed by atoms with Crippen molar-refractivity contribution in [1.82, 2.24) is 4.98 Å². The minimum absolute atomic E-state index is 0.185. The van der Waals surface area contributed by atoms with Gasteiger partial charge in [-0.05, 0) is 79.6 Å². The van der Waals surface area contributed by atoms with Crippen molar-refractivity contribution in [3.05, 3.63) is 112 Å². The van der Waals surface area contributed by atoms with Crippen molar-refractivity contribution < 1.29 is 19.1 Å². The van der Waals surface area contributed by atoms with E-state index in [0.29, 0.717) is 22.7 Å². The van der Waals surface area contributed by atoms with Crippen molar-refractivity contribution in [2.75, 3.05) is 10.2 Å². The van der Waals surface area contributed by atoms with Crippen LogP contribution >= 0.6 is 0 Å². The van der Waals surface area contributed by atoms with E-state index >= 15 is 0 Å². The molecule has 2 heterocycles. The SMILES string of the molecule is Cc1cc(Oc2ncccc2C#N)ccc1NC(=O)c1ccc2c(c1)C(=O)N(c1ccccc1C)C2=O. The number of carbonyl (C=O) groups excluding carboxylic acids is 3. The molecule has 0 aliphatic carbocycles. The van der Waals surface area contributed by atoms with E-state index in [9.17, 15) is 19.6 Å². The Bertz CT molecular complexity index is 1640. The third-order valence-electron chi connectivity index (χ3n) is 6.06. The normalized spacial score (nSPS) is 12.2. The highest BCUT2D eigenvalue weighted by molar-refractivity contribution is 6.35. The number of pyridine rings is 1. The molecule has 37 heavy (non-hydrogen) atoms. The number of amides is 3. The third kappa shape index (κ3) is 4.30. The number of carbonyl (C=O) groups is 3. The van der Waals surface area contributed by atoms with Crippen LogP contribution < -0.4 is 15.0 Å². The van der Waals surface area contributed by atoms with Crippen LogP contribution in [-0.4, -0.2) is 22.7 Å². The van der Waals surface area contributed by atoms with E-state index in [4.69, 9.17) is 4.74 Å². The summed E-state index contributed by atoms with van der Waals surface area (Å²) >= 11 is 0. The number of hydrogen-bond acceptors (Lipinski definition) is 6. The van der Waals surface area contributed by atoms with Crippen LogP contribution in [0.15, 0.2) is 79.0 Å². The highest BCUT2D eigenvalue weighted by Gasteiger charge is 2.37. The van der Waals surface area contributed by atoms with Crippen LogP contribution in [0.3, 0.4) is 0 Å². The zero-order valence-corrected chi connectivity index (χ0v) is 20.0. The first-order valence-corrected chi connectivity index (χ1v) is 11.4. The summed E-state index contributed by atoms with van der Waals surface area (Å²) in [6.45, 7) is 3.63. The smallest absolute Gasteiger partial charge is 0.266 e. The molecule has 0 saturated carbocycles. The highest BCUT2D eigenvalue weighted by atomic mass is 16.5. The average Bonchev–Trinajstić information content (AvgIpc) is 3.15. The Morgan fingerprint density at radius 3 is 2.46 bits per heavy atom. The molecule has 1 aliphatic rings. The standard InChI is InChI=1S/C29H20N4O4/c1-17-6-3-4-8-25(17)33-28(35)22-11-9-19(15-23(22)29(33)36)26(34)32-24-12-10-21(14-18(24)2)37-27-20(16-30)7-5-13-31-27/h3-15H,1-2H3,(H,32,34). The number of para-hydroxylation sites is 1. The summed E-state index contributed by atoms with van der Waals surface area (Å²) in [7, 11) is 0. The number of benzene rings is 3. The number of nitrogens with one attached hydrogen (secondary N) is 1. The molecule has 1 aromatic heterocycles. The van der Waals surface area contributed by atoms with E-state index in [0.717, 1.165) is 16.0 Å². The summed E-state index contributed by atoms with van der Waals surface area (Å²) < 4.78 is 5.73. The van der Waals surface area contributed by atoms with Gasteiger partial charge in [0.15, 0.2) is 0 Å². The summed E-state index contributed by atoms with van der Waals surface area (Å²) in [6.07, 6.45) is 1.53. The molecule has 8 heteroatoms. The van der Waals surface area contributed by atoms with Gasteiger partial charge in [-0.25, -0.2) is 9.88 Å². The molecule has 0 bridgehead atoms. The molecule has 0 atom stereocenters. The van der Waals surface area contributed by atoms with Gasteiger partial charge in [0.2, 0.25) is 5.88 Å². The van der Waals surface area contributed by atoms with Gasteiger partial charge in [0.05, 0.1) is 16.8 Å². The van der Waals surface area contributed by atoms with Crippen LogP contribution in [0.2, 0.25) is 0 Å². The molecule has 1 aliphatic heterocycles. The predicted octanol–water partition coefficient (Wildman–Crippen LogP) is 5.42. The molecule has 0 unspecified atom stereocenters. The number of fused-ring (bicyclic) bond motifs is 1. The summed E-state index contributed by atoms with van der Waals surface area (Å²) in [5, 5.41) is 12.1. The molecule has 8 nitrogen and oxygen atoms in total. The van der Waals surface area contributed by atoms with Crippen molar-refractivity contribution in [1.29, 1.82) is 5.26 Å². The molecule has 3 amide bonds. The second-order valence-corrected chi connectivity index (χ2v) is 8.49. The number of nitrogens with zero attached hydrogens (tertiary/aromatic N) is 3. The van der Waals surface area contributed by atoms with Crippen LogP contribution in [-0.2, 0) is 0 Å². The molecule has 4 aromatic rings. The van der Waals surface area contributed by atoms with Crippen LogP contribution in [0, 0.1) is 25.2 Å². The summed E-state index contributed by atoms with van der Waals surface area (Å²) in [5.74, 6) is -0.652. The molecule has 0 spiro atoms. The maximum atomic E-state index is 13.1. The first-order chi connectivity index (χ1) is 17.9. The molecule has 3 aromatic carbocycles. The van der Waals surface area contributed by atoms with Crippen molar-refractivity contribution in [2.24, 2.45) is 0 Å². The molecular formula is C29H20N4O4. The second kappa shape index (κ2) is 9.40. The van der Waals surface area contributed by atoms with Gasteiger partial charge >= 0.3 is 0 Å². The highest BCUT2D eigenvalue weighted by Crippen LogP contribution is 2.32. The zero-order valence-electron chi connectivity index (χ0n) is 20.0. The Morgan fingerprint density at radius 1 is 0.919 bits per heavy atom. The Balaban J connectivity index is 1.35. The second-order valence-electron chi connectivity index (χ2n) is 8.49. The molecule has 0 fully saturated rings. The lowest BCUT2D eigenvalue weighted by molar-refractivity contribution is 0.0925. The lowest BCUT2D eigenvalue weighted by Crippen LogP contribution is -2.29. The van der Waals surface area contributed by atoms with E-state index in [1.165, 1.54) is 24.4 Å². The maximum absolute atomic E-state index is 13.1. The summed E-state index contributed by atoms with van der Waals surface area (Å²) in [5.41, 5.74) is 3.58. The number of aromatic nitrogens is 1. The number of nitriles is 1. The van der Waals surface area contributed by atoms with Gasteiger partial charge in [0.1, 0.15) is 17.4 Å². The van der Waals surface area contributed by atoms with Crippen LogP contribution in [0.25, 0.3) is 0 Å². The van der Waals surface area contributed by atoms with Gasteiger partial charge in [-0.2, -0.15) is 5.26 Å². The molecular weight excluding hydrogens is 468 g/mol. The quantitative estimate of drug-likeness (QED) is 0.376. The number of rotatable bonds is 5. The lowest BCUT2D eigenvalue weighted by Gasteiger charge is -2.16. The largest absolute Gasteiger partial charge is 0.438 e. The van der Waals surface area contributed by atoms with Gasteiger partial charge in [0, 0.05) is 17.4 Å². The van der Waals surface area contributed by atoms with Gasteiger partial charge in [-0.3, -0.25) is 14.4 Å². The van der Waals surface area contributed by atoms with Gasteiger partial charge in [-0.15, -0.1) is 0 Å². The van der Waals surface area contributed by atoms with Gasteiger partial charge in [-0.1, -0.05) is 18.2 Å². The first kappa shape index (κ1) is 23.5. The Hall–Kier alpha value is -5.29. The fourth-order valence-corrected chi connectivity index (χ4v) is 4.12. The third-order valence-corrected chi connectivity index (χ3v) is 6.06.